The van der Waals surface area contributed by atoms with E-state index < -0.39 is 8.07 Å². The van der Waals surface area contributed by atoms with Crippen molar-refractivity contribution in [2.45, 2.75) is 26.6 Å². The molecule has 4 aliphatic heterocycles. The summed E-state index contributed by atoms with van der Waals surface area (Å²) in [6.07, 6.45) is 0. The van der Waals surface area contributed by atoms with Gasteiger partial charge in [0.1, 0.15) is 34.5 Å². The van der Waals surface area contributed by atoms with Crippen molar-refractivity contribution in [2.24, 2.45) is 0 Å². The topological polar surface area (TPSA) is 37.4 Å². The Kier molecular flexibility index (Phi) is 10.6. The molecule has 0 aliphatic carbocycles. The first kappa shape index (κ1) is 47.3. The Labute approximate surface area is 473 Å². The van der Waals surface area contributed by atoms with E-state index in [1.54, 1.807) is 0 Å². The van der Waals surface area contributed by atoms with Crippen LogP contribution in [0.25, 0.3) is 21.5 Å². The number of fused-ring (bicyclic) bond motifs is 12. The fourth-order valence-corrected chi connectivity index (χ4v) is 14.4. The monoisotopic (exact) mass is 1060 g/mol. The summed E-state index contributed by atoms with van der Waals surface area (Å²) in [5.74, 6) is 4.83. The number of rotatable bonds is 8. The molecular weight excluding hydrogens is 1000 g/mol. The molecule has 81 heavy (non-hydrogen) atoms. The molecule has 384 valence electrons. The SMILES string of the molecule is Cc1ccc(N2c3ccccc3B3c4cc5c(cc4N(c4ccccc4)c4c3c2cc2cc(Oc3ccccc3)ccc42)Oc2c3c(cc4cc(Oc6ccccc6)ccc24)N(c2ccc([Si](C)(C)C)cc2)c2ccccc2B53)cc1. The van der Waals surface area contributed by atoms with Crippen LogP contribution in [-0.2, 0) is 0 Å². The standard InChI is InChI=1S/C72H53B2N3O3Si/c1-46-28-30-50(31-29-46)75-63-26-16-14-24-59(63)73-61-44-62-68(45-65(61)77(49-18-8-5-9-19-49)71-57-38-34-54(78-52-20-10-6-11-21-52)40-47(57)42-66(75)69(71)73)80-72-58-39-35-55(79-53-22-12-7-13-23-53)41-48(58)43-67-70(72)74(62)60-25-15-17-27-64(60)76(67)51-32-36-56(37-33-51)81(2,3)4/h5-45H,1-4H3. The number of nitrogens with zero attached hydrogens (tertiary/aromatic N) is 3. The molecule has 12 aromatic rings. The highest BCUT2D eigenvalue weighted by Crippen LogP contribution is 2.50. The van der Waals surface area contributed by atoms with E-state index in [0.717, 1.165) is 118 Å². The minimum absolute atomic E-state index is 0.140. The largest absolute Gasteiger partial charge is 0.458 e. The first-order valence-electron chi connectivity index (χ1n) is 28.0. The van der Waals surface area contributed by atoms with Gasteiger partial charge in [-0.1, -0.05) is 152 Å². The van der Waals surface area contributed by atoms with Crippen LogP contribution in [0, 0.1) is 6.92 Å². The number of ether oxygens (including phenoxy) is 3. The summed E-state index contributed by atoms with van der Waals surface area (Å²) in [7, 11) is -1.59. The summed E-state index contributed by atoms with van der Waals surface area (Å²) < 4.78 is 20.8. The van der Waals surface area contributed by atoms with Gasteiger partial charge in [0.2, 0.25) is 0 Å². The normalized spacial score (nSPS) is 13.4. The molecular formula is C72H53B2N3O3Si. The molecule has 0 aromatic heterocycles. The molecule has 0 fully saturated rings. The van der Waals surface area contributed by atoms with Crippen LogP contribution in [0.3, 0.4) is 0 Å². The van der Waals surface area contributed by atoms with Gasteiger partial charge < -0.3 is 28.9 Å². The molecule has 0 radical (unpaired) electrons. The Hall–Kier alpha value is -9.69. The van der Waals surface area contributed by atoms with Crippen LogP contribution in [0.1, 0.15) is 5.56 Å². The number of benzene rings is 12. The molecule has 0 unspecified atom stereocenters. The second-order valence-electron chi connectivity index (χ2n) is 22.9. The Balaban J connectivity index is 0.966. The Morgan fingerprint density at radius 2 is 0.864 bits per heavy atom. The van der Waals surface area contributed by atoms with Crippen LogP contribution < -0.4 is 66.9 Å². The molecule has 0 atom stereocenters. The molecule has 6 nitrogen and oxygen atoms in total. The molecule has 0 bridgehead atoms. The smallest absolute Gasteiger partial charge is 0.256 e. The second-order valence-corrected chi connectivity index (χ2v) is 28.0. The number of hydrogen-bond acceptors (Lipinski definition) is 6. The van der Waals surface area contributed by atoms with E-state index in [1.165, 1.54) is 32.6 Å². The van der Waals surface area contributed by atoms with Crippen LogP contribution in [0.2, 0.25) is 19.6 Å². The average molecular weight is 1060 g/mol. The van der Waals surface area contributed by atoms with Crippen molar-refractivity contribution in [2.75, 3.05) is 14.7 Å². The average Bonchev–Trinajstić information content (AvgIpc) is 3.06. The van der Waals surface area contributed by atoms with Crippen LogP contribution in [0.4, 0.5) is 51.2 Å². The van der Waals surface area contributed by atoms with Crippen molar-refractivity contribution >= 4 is 132 Å². The lowest BCUT2D eigenvalue weighted by Crippen LogP contribution is -2.64. The maximum atomic E-state index is 7.70. The first-order chi connectivity index (χ1) is 39.7. The summed E-state index contributed by atoms with van der Waals surface area (Å²) in [6.45, 7) is 9.10. The minimum Gasteiger partial charge on any atom is -0.458 e. The summed E-state index contributed by atoms with van der Waals surface area (Å²) in [4.78, 5) is 7.46. The third-order valence-corrected chi connectivity index (χ3v) is 19.0. The molecule has 0 saturated heterocycles. The number of para-hydroxylation sites is 5. The Bertz CT molecular complexity index is 4520. The summed E-state index contributed by atoms with van der Waals surface area (Å²) in [5.41, 5.74) is 18.5. The quantitative estimate of drug-likeness (QED) is 0.141. The van der Waals surface area contributed by atoms with Gasteiger partial charge in [0.25, 0.3) is 13.4 Å². The second kappa shape index (κ2) is 18.2. The predicted octanol–water partition coefficient (Wildman–Crippen LogP) is 14.9. The fourth-order valence-electron chi connectivity index (χ4n) is 13.2. The number of hydrogen-bond donors (Lipinski definition) is 0. The molecule has 4 heterocycles. The number of aryl methyl sites for hydroxylation is 1. The van der Waals surface area contributed by atoms with E-state index in [1.807, 2.05) is 60.7 Å². The Morgan fingerprint density at radius 3 is 1.46 bits per heavy atom. The summed E-state index contributed by atoms with van der Waals surface area (Å²) in [5, 5.41) is 5.70. The molecule has 0 spiro atoms. The van der Waals surface area contributed by atoms with Gasteiger partial charge in [-0.05, 0) is 172 Å². The summed E-state index contributed by atoms with van der Waals surface area (Å²) >= 11 is 0. The molecule has 4 aliphatic rings. The molecule has 0 saturated carbocycles. The van der Waals surface area contributed by atoms with Gasteiger partial charge in [-0.2, -0.15) is 0 Å². The van der Waals surface area contributed by atoms with Gasteiger partial charge >= 0.3 is 0 Å². The zero-order valence-electron chi connectivity index (χ0n) is 45.4. The molecule has 16 rings (SSSR count). The number of anilines is 9. The van der Waals surface area contributed by atoms with E-state index in [0.29, 0.717) is 0 Å². The van der Waals surface area contributed by atoms with Crippen molar-refractivity contribution in [1.82, 2.24) is 0 Å². The molecule has 0 N–H and O–H groups in total. The first-order valence-corrected chi connectivity index (χ1v) is 31.5. The van der Waals surface area contributed by atoms with E-state index in [-0.39, 0.29) is 13.4 Å². The van der Waals surface area contributed by atoms with Crippen molar-refractivity contribution in [3.05, 3.63) is 254 Å². The fraction of sp³-hybridized carbons (Fsp3) is 0.0556. The van der Waals surface area contributed by atoms with Gasteiger partial charge in [-0.25, -0.2) is 0 Å². The lowest BCUT2D eigenvalue weighted by Gasteiger charge is -2.46. The van der Waals surface area contributed by atoms with Gasteiger partial charge in [-0.3, -0.25) is 0 Å². The van der Waals surface area contributed by atoms with Crippen LogP contribution in [0.5, 0.6) is 34.5 Å². The van der Waals surface area contributed by atoms with Crippen molar-refractivity contribution in [3.63, 3.8) is 0 Å². The lowest BCUT2D eigenvalue weighted by molar-refractivity contribution is 0.482. The van der Waals surface area contributed by atoms with E-state index in [9.17, 15) is 0 Å². The van der Waals surface area contributed by atoms with Gasteiger partial charge in [0.15, 0.2) is 0 Å². The maximum absolute atomic E-state index is 7.70. The van der Waals surface area contributed by atoms with E-state index in [2.05, 4.69) is 229 Å². The van der Waals surface area contributed by atoms with Crippen LogP contribution in [0.15, 0.2) is 249 Å². The van der Waals surface area contributed by atoms with Gasteiger partial charge in [0, 0.05) is 62.3 Å². The lowest BCUT2D eigenvalue weighted by atomic mass is 9.30. The predicted molar refractivity (Wildman–Crippen MR) is 342 cm³/mol. The third-order valence-electron chi connectivity index (χ3n) is 16.9. The van der Waals surface area contributed by atoms with Crippen LogP contribution >= 0.6 is 0 Å². The third kappa shape index (κ3) is 7.56. The summed E-state index contributed by atoms with van der Waals surface area (Å²) in [6, 6.07) is 90.0. The van der Waals surface area contributed by atoms with Crippen molar-refractivity contribution in [1.29, 1.82) is 0 Å². The minimum atomic E-state index is -1.59. The van der Waals surface area contributed by atoms with Crippen LogP contribution in [-0.4, -0.2) is 21.5 Å². The van der Waals surface area contributed by atoms with E-state index in [4.69, 9.17) is 14.2 Å². The van der Waals surface area contributed by atoms with Gasteiger partial charge in [-0.15, -0.1) is 0 Å². The Morgan fingerprint density at radius 1 is 0.370 bits per heavy atom. The van der Waals surface area contributed by atoms with E-state index >= 15 is 0 Å². The molecule has 12 aromatic carbocycles. The highest BCUT2D eigenvalue weighted by molar-refractivity contribution is 7.03. The van der Waals surface area contributed by atoms with Crippen molar-refractivity contribution in [3.8, 4) is 34.5 Å². The zero-order chi connectivity index (χ0) is 54.1. The maximum Gasteiger partial charge on any atom is 0.256 e. The highest BCUT2D eigenvalue weighted by Gasteiger charge is 2.48. The zero-order valence-corrected chi connectivity index (χ0v) is 46.4. The highest BCUT2D eigenvalue weighted by atomic mass is 28.3. The van der Waals surface area contributed by atoms with Crippen molar-refractivity contribution < 1.29 is 14.2 Å². The van der Waals surface area contributed by atoms with Gasteiger partial charge in [0.05, 0.1) is 13.8 Å². The molecule has 9 heteroatoms. The molecule has 0 amide bonds.